The number of nitrogens with one attached hydrogen (secondary N) is 1. The predicted molar refractivity (Wildman–Crippen MR) is 76.6 cm³/mol. The van der Waals surface area contributed by atoms with Crippen molar-refractivity contribution < 1.29 is 22.7 Å². The van der Waals surface area contributed by atoms with E-state index >= 15 is 0 Å². The molecule has 1 heterocycles. The fourth-order valence-electron chi connectivity index (χ4n) is 2.60. The maximum atomic E-state index is 12.7. The number of nitrogens with zero attached hydrogens (tertiary/aromatic N) is 1. The van der Waals surface area contributed by atoms with Crippen molar-refractivity contribution in [3.63, 3.8) is 0 Å². The number of carbonyl (C=O) groups excluding carboxylic acids is 1. The third-order valence-corrected chi connectivity index (χ3v) is 3.65. The zero-order chi connectivity index (χ0) is 16.2. The second-order valence-corrected chi connectivity index (χ2v) is 5.42. The van der Waals surface area contributed by atoms with Gasteiger partial charge in [0.2, 0.25) is 0 Å². The van der Waals surface area contributed by atoms with Crippen LogP contribution in [0.3, 0.4) is 0 Å². The van der Waals surface area contributed by atoms with Crippen LogP contribution in [-0.2, 0) is 10.9 Å². The first-order valence-electron chi connectivity index (χ1n) is 7.12. The van der Waals surface area contributed by atoms with E-state index in [1.165, 1.54) is 12.1 Å². The van der Waals surface area contributed by atoms with Crippen LogP contribution in [-0.4, -0.2) is 37.7 Å². The van der Waals surface area contributed by atoms with E-state index in [2.05, 4.69) is 5.32 Å². The Morgan fingerprint density at radius 2 is 2.23 bits per heavy atom. The van der Waals surface area contributed by atoms with E-state index in [-0.39, 0.29) is 17.6 Å². The Kier molecular flexibility index (Phi) is 5.28. The Balaban J connectivity index is 1.99. The highest BCUT2D eigenvalue weighted by molar-refractivity contribution is 5.89. The van der Waals surface area contributed by atoms with Gasteiger partial charge in [0.25, 0.3) is 0 Å². The molecular formula is C15H19F3N2O2. The molecule has 1 atom stereocenters. The van der Waals surface area contributed by atoms with Crippen molar-refractivity contribution in [3.8, 4) is 0 Å². The van der Waals surface area contributed by atoms with Gasteiger partial charge in [-0.05, 0) is 31.0 Å². The Labute approximate surface area is 127 Å². The molecule has 22 heavy (non-hydrogen) atoms. The summed E-state index contributed by atoms with van der Waals surface area (Å²) in [4.78, 5) is 13.8. The van der Waals surface area contributed by atoms with E-state index in [9.17, 15) is 18.0 Å². The van der Waals surface area contributed by atoms with Crippen LogP contribution in [0.5, 0.6) is 0 Å². The van der Waals surface area contributed by atoms with Crippen molar-refractivity contribution in [1.82, 2.24) is 4.90 Å². The number of urea groups is 1. The molecule has 0 aromatic heterocycles. The highest BCUT2D eigenvalue weighted by Gasteiger charge is 2.30. The van der Waals surface area contributed by atoms with Gasteiger partial charge in [0.1, 0.15) is 0 Å². The largest absolute Gasteiger partial charge is 0.416 e. The van der Waals surface area contributed by atoms with Gasteiger partial charge in [0.15, 0.2) is 0 Å². The molecule has 1 N–H and O–H groups in total. The van der Waals surface area contributed by atoms with Crippen molar-refractivity contribution >= 4 is 11.7 Å². The quantitative estimate of drug-likeness (QED) is 0.926. The molecule has 2 amide bonds. The van der Waals surface area contributed by atoms with Crippen molar-refractivity contribution in [2.45, 2.75) is 19.0 Å². The molecule has 1 aliphatic rings. The average molecular weight is 316 g/mol. The Morgan fingerprint density at radius 1 is 1.45 bits per heavy atom. The van der Waals surface area contributed by atoms with E-state index < -0.39 is 11.7 Å². The van der Waals surface area contributed by atoms with Crippen molar-refractivity contribution in [3.05, 3.63) is 29.8 Å². The standard InChI is InChI=1S/C15H19F3N2O2/c1-22-10-11-4-3-7-20(9-11)14(21)19-13-6-2-5-12(8-13)15(16,17)18/h2,5-6,8,11H,3-4,7,9-10H2,1H3,(H,19,21). The number of carbonyl (C=O) groups is 1. The topological polar surface area (TPSA) is 41.6 Å². The highest BCUT2D eigenvalue weighted by Crippen LogP contribution is 2.30. The number of anilines is 1. The third kappa shape index (κ3) is 4.37. The number of hydrogen-bond acceptors (Lipinski definition) is 2. The molecule has 122 valence electrons. The van der Waals surface area contributed by atoms with E-state index in [1.54, 1.807) is 12.0 Å². The second-order valence-electron chi connectivity index (χ2n) is 5.42. The molecule has 0 bridgehead atoms. The lowest BCUT2D eigenvalue weighted by Crippen LogP contribution is -2.43. The Bertz CT molecular complexity index is 518. The summed E-state index contributed by atoms with van der Waals surface area (Å²) in [6, 6.07) is 4.27. The molecule has 1 unspecified atom stereocenters. The molecule has 7 heteroatoms. The van der Waals surface area contributed by atoms with Crippen LogP contribution in [0.4, 0.5) is 23.7 Å². The van der Waals surface area contributed by atoms with Crippen LogP contribution < -0.4 is 5.32 Å². The summed E-state index contributed by atoms with van der Waals surface area (Å²) in [5.74, 6) is 0.269. The fourth-order valence-corrected chi connectivity index (χ4v) is 2.60. The van der Waals surface area contributed by atoms with Crippen LogP contribution in [0.25, 0.3) is 0 Å². The first-order chi connectivity index (χ1) is 10.4. The fraction of sp³-hybridized carbons (Fsp3) is 0.533. The number of ether oxygens (including phenoxy) is 1. The van der Waals surface area contributed by atoms with Crippen LogP contribution >= 0.6 is 0 Å². The summed E-state index contributed by atoms with van der Waals surface area (Å²) in [6.07, 6.45) is -2.57. The summed E-state index contributed by atoms with van der Waals surface area (Å²) in [6.45, 7) is 1.73. The summed E-state index contributed by atoms with van der Waals surface area (Å²) >= 11 is 0. The van der Waals surface area contributed by atoms with Crippen LogP contribution in [0.15, 0.2) is 24.3 Å². The van der Waals surface area contributed by atoms with Gasteiger partial charge in [-0.1, -0.05) is 6.07 Å². The van der Waals surface area contributed by atoms with Crippen molar-refractivity contribution in [2.24, 2.45) is 5.92 Å². The number of alkyl halides is 3. The number of hydrogen-bond donors (Lipinski definition) is 1. The highest BCUT2D eigenvalue weighted by atomic mass is 19.4. The summed E-state index contributed by atoms with van der Waals surface area (Å²) in [5.41, 5.74) is -0.630. The van der Waals surface area contributed by atoms with Gasteiger partial charge in [-0.25, -0.2) is 4.79 Å². The van der Waals surface area contributed by atoms with Gasteiger partial charge in [0, 0.05) is 31.8 Å². The Hall–Kier alpha value is -1.76. The van der Waals surface area contributed by atoms with Crippen LogP contribution in [0.1, 0.15) is 18.4 Å². The van der Waals surface area contributed by atoms with Gasteiger partial charge in [0.05, 0.1) is 12.2 Å². The third-order valence-electron chi connectivity index (χ3n) is 3.65. The maximum Gasteiger partial charge on any atom is 0.416 e. The number of amides is 2. The van der Waals surface area contributed by atoms with Gasteiger partial charge in [-0.3, -0.25) is 0 Å². The number of piperidine rings is 1. The van der Waals surface area contributed by atoms with Gasteiger partial charge >= 0.3 is 12.2 Å². The number of rotatable bonds is 3. The van der Waals surface area contributed by atoms with E-state index in [4.69, 9.17) is 4.74 Å². The SMILES string of the molecule is COCC1CCCN(C(=O)Nc2cccc(C(F)(F)F)c2)C1. The molecular weight excluding hydrogens is 297 g/mol. The smallest absolute Gasteiger partial charge is 0.384 e. The minimum absolute atomic E-state index is 0.147. The van der Waals surface area contributed by atoms with Crippen molar-refractivity contribution in [1.29, 1.82) is 0 Å². The summed E-state index contributed by atoms with van der Waals surface area (Å²) in [5, 5.41) is 2.53. The van der Waals surface area contributed by atoms with Gasteiger partial charge in [-0.15, -0.1) is 0 Å². The molecule has 1 saturated heterocycles. The molecule has 1 fully saturated rings. The summed E-state index contributed by atoms with van der Waals surface area (Å²) in [7, 11) is 1.61. The lowest BCUT2D eigenvalue weighted by molar-refractivity contribution is -0.137. The number of benzene rings is 1. The minimum atomic E-state index is -4.42. The number of halogens is 3. The van der Waals surface area contributed by atoms with Gasteiger partial charge in [-0.2, -0.15) is 13.2 Å². The van der Waals surface area contributed by atoms with E-state index in [0.29, 0.717) is 19.7 Å². The average Bonchev–Trinajstić information content (AvgIpc) is 2.47. The lowest BCUT2D eigenvalue weighted by Gasteiger charge is -2.32. The monoisotopic (exact) mass is 316 g/mol. The molecule has 0 radical (unpaired) electrons. The zero-order valence-corrected chi connectivity index (χ0v) is 12.3. The molecule has 1 aliphatic heterocycles. The normalized spacial score (nSPS) is 19.1. The molecule has 1 aromatic carbocycles. The molecule has 0 aliphatic carbocycles. The number of likely N-dealkylation sites (tertiary alicyclic amines) is 1. The molecule has 1 aromatic rings. The molecule has 0 saturated carbocycles. The predicted octanol–water partition coefficient (Wildman–Crippen LogP) is 3.60. The first-order valence-corrected chi connectivity index (χ1v) is 7.12. The first kappa shape index (κ1) is 16.6. The van der Waals surface area contributed by atoms with E-state index in [1.807, 2.05) is 0 Å². The molecule has 2 rings (SSSR count). The van der Waals surface area contributed by atoms with Crippen molar-refractivity contribution in [2.75, 3.05) is 32.1 Å². The maximum absolute atomic E-state index is 12.7. The number of methoxy groups -OCH3 is 1. The van der Waals surface area contributed by atoms with Crippen LogP contribution in [0.2, 0.25) is 0 Å². The van der Waals surface area contributed by atoms with E-state index in [0.717, 1.165) is 25.0 Å². The minimum Gasteiger partial charge on any atom is -0.384 e. The van der Waals surface area contributed by atoms with Crippen LogP contribution in [0, 0.1) is 5.92 Å². The van der Waals surface area contributed by atoms with Gasteiger partial charge < -0.3 is 15.0 Å². The second kappa shape index (κ2) is 7.00. The molecule has 4 nitrogen and oxygen atoms in total. The lowest BCUT2D eigenvalue weighted by atomic mass is 9.99. The summed E-state index contributed by atoms with van der Waals surface area (Å²) < 4.78 is 43.1. The molecule has 0 spiro atoms. The Morgan fingerprint density at radius 3 is 2.91 bits per heavy atom. The zero-order valence-electron chi connectivity index (χ0n) is 12.3.